The summed E-state index contributed by atoms with van der Waals surface area (Å²) in [6.45, 7) is 2.45. The van der Waals surface area contributed by atoms with E-state index < -0.39 is 17.8 Å². The van der Waals surface area contributed by atoms with Crippen LogP contribution >= 0.6 is 0 Å². The molecule has 7 heteroatoms. The zero-order valence-electron chi connectivity index (χ0n) is 14.1. The summed E-state index contributed by atoms with van der Waals surface area (Å²) in [6, 6.07) is 10.4. The quantitative estimate of drug-likeness (QED) is 0.829. The lowest BCUT2D eigenvalue weighted by Gasteiger charge is -2.39. The van der Waals surface area contributed by atoms with Crippen LogP contribution in [-0.2, 0) is 4.79 Å². The molecule has 134 valence electrons. The number of rotatable bonds is 2. The fourth-order valence-electron chi connectivity index (χ4n) is 3.25. The van der Waals surface area contributed by atoms with Gasteiger partial charge in [-0.25, -0.2) is 4.39 Å². The van der Waals surface area contributed by atoms with Crippen molar-refractivity contribution in [1.29, 1.82) is 0 Å². The Kier molecular flexibility index (Phi) is 3.99. The van der Waals surface area contributed by atoms with Gasteiger partial charge in [0.15, 0.2) is 11.5 Å². The Balaban J connectivity index is 1.56. The van der Waals surface area contributed by atoms with Gasteiger partial charge in [0.05, 0.1) is 5.56 Å². The molecule has 2 heterocycles. The predicted octanol–water partition coefficient (Wildman–Crippen LogP) is 2.43. The third kappa shape index (κ3) is 2.65. The Morgan fingerprint density at radius 3 is 2.69 bits per heavy atom. The summed E-state index contributed by atoms with van der Waals surface area (Å²) in [5.74, 6) is -0.0557. The third-order valence-electron chi connectivity index (χ3n) is 4.69. The molecule has 0 N–H and O–H groups in total. The highest BCUT2D eigenvalue weighted by atomic mass is 19.1. The van der Waals surface area contributed by atoms with Gasteiger partial charge >= 0.3 is 0 Å². The maximum atomic E-state index is 13.9. The van der Waals surface area contributed by atoms with Crippen molar-refractivity contribution in [3.05, 3.63) is 53.8 Å². The molecule has 2 aliphatic heterocycles. The standard InChI is InChI=1S/C19H17FN2O4/c1-12-18(23)22(13-6-7-16-17(10-13)26-11-25-16)9-8-21(12)19(24)14-4-2-3-5-15(14)20/h2-7,10,12H,8-9,11H2,1H3/t12-/m1/s1. The number of carbonyl (C=O) groups is 2. The molecule has 0 radical (unpaired) electrons. The van der Waals surface area contributed by atoms with Gasteiger partial charge in [0.1, 0.15) is 11.9 Å². The average molecular weight is 356 g/mol. The second-order valence-electron chi connectivity index (χ2n) is 6.18. The summed E-state index contributed by atoms with van der Waals surface area (Å²) in [7, 11) is 0. The number of anilines is 1. The van der Waals surface area contributed by atoms with Gasteiger partial charge < -0.3 is 19.3 Å². The van der Waals surface area contributed by atoms with Gasteiger partial charge in [0.25, 0.3) is 5.91 Å². The highest BCUT2D eigenvalue weighted by molar-refractivity contribution is 6.03. The number of nitrogens with zero attached hydrogens (tertiary/aromatic N) is 2. The Hall–Kier alpha value is -3.09. The van der Waals surface area contributed by atoms with E-state index in [-0.39, 0.29) is 18.3 Å². The van der Waals surface area contributed by atoms with E-state index in [1.54, 1.807) is 36.1 Å². The lowest BCUT2D eigenvalue weighted by Crippen LogP contribution is -2.57. The Labute approximate surface area is 149 Å². The van der Waals surface area contributed by atoms with Crippen LogP contribution in [0.25, 0.3) is 0 Å². The summed E-state index contributed by atoms with van der Waals surface area (Å²) in [5, 5.41) is 0. The molecule has 6 nitrogen and oxygen atoms in total. The number of hydrogen-bond donors (Lipinski definition) is 0. The monoisotopic (exact) mass is 356 g/mol. The zero-order valence-corrected chi connectivity index (χ0v) is 14.1. The summed E-state index contributed by atoms with van der Waals surface area (Å²) >= 11 is 0. The SMILES string of the molecule is C[C@@H]1C(=O)N(c2ccc3c(c2)OCO3)CCN1C(=O)c1ccccc1F. The predicted molar refractivity (Wildman–Crippen MR) is 91.8 cm³/mol. The average Bonchev–Trinajstić information content (AvgIpc) is 3.11. The molecule has 0 aliphatic carbocycles. The molecule has 0 bridgehead atoms. The molecule has 0 aromatic heterocycles. The van der Waals surface area contributed by atoms with Crippen LogP contribution in [0, 0.1) is 5.82 Å². The lowest BCUT2D eigenvalue weighted by molar-refractivity contribution is -0.124. The maximum absolute atomic E-state index is 13.9. The molecule has 0 saturated carbocycles. The Morgan fingerprint density at radius 1 is 1.12 bits per heavy atom. The van der Waals surface area contributed by atoms with Crippen molar-refractivity contribution in [2.24, 2.45) is 0 Å². The van der Waals surface area contributed by atoms with Crippen molar-refractivity contribution in [2.45, 2.75) is 13.0 Å². The molecule has 0 spiro atoms. The number of halogens is 1. The molecule has 2 aromatic rings. The topological polar surface area (TPSA) is 59.1 Å². The largest absolute Gasteiger partial charge is 0.454 e. The van der Waals surface area contributed by atoms with Crippen molar-refractivity contribution >= 4 is 17.5 Å². The van der Waals surface area contributed by atoms with Gasteiger partial charge in [-0.2, -0.15) is 0 Å². The summed E-state index contributed by atoms with van der Waals surface area (Å²) in [4.78, 5) is 28.5. The molecular formula is C19H17FN2O4. The molecule has 2 aliphatic rings. The van der Waals surface area contributed by atoms with Crippen molar-refractivity contribution in [3.8, 4) is 11.5 Å². The first-order chi connectivity index (χ1) is 12.6. The van der Waals surface area contributed by atoms with Crippen LogP contribution < -0.4 is 14.4 Å². The van der Waals surface area contributed by atoms with E-state index in [2.05, 4.69) is 0 Å². The van der Waals surface area contributed by atoms with Crippen LogP contribution in [0.15, 0.2) is 42.5 Å². The molecule has 0 unspecified atom stereocenters. The second-order valence-corrected chi connectivity index (χ2v) is 6.18. The number of hydrogen-bond acceptors (Lipinski definition) is 4. The van der Waals surface area contributed by atoms with Crippen LogP contribution in [0.3, 0.4) is 0 Å². The van der Waals surface area contributed by atoms with Crippen molar-refractivity contribution in [2.75, 3.05) is 24.8 Å². The number of carbonyl (C=O) groups excluding carboxylic acids is 2. The van der Waals surface area contributed by atoms with Crippen molar-refractivity contribution in [3.63, 3.8) is 0 Å². The van der Waals surface area contributed by atoms with Crippen LogP contribution in [0.2, 0.25) is 0 Å². The molecule has 26 heavy (non-hydrogen) atoms. The minimum Gasteiger partial charge on any atom is -0.454 e. The van der Waals surface area contributed by atoms with E-state index in [1.165, 1.54) is 23.1 Å². The van der Waals surface area contributed by atoms with Crippen LogP contribution in [0.4, 0.5) is 10.1 Å². The minimum atomic E-state index is -0.693. The van der Waals surface area contributed by atoms with Crippen LogP contribution in [0.1, 0.15) is 17.3 Å². The Morgan fingerprint density at radius 2 is 1.88 bits per heavy atom. The molecule has 1 atom stereocenters. The molecule has 2 amide bonds. The fourth-order valence-corrected chi connectivity index (χ4v) is 3.25. The number of fused-ring (bicyclic) bond motifs is 1. The van der Waals surface area contributed by atoms with Gasteiger partial charge in [-0.3, -0.25) is 9.59 Å². The first-order valence-electron chi connectivity index (χ1n) is 8.33. The molecule has 2 aromatic carbocycles. The smallest absolute Gasteiger partial charge is 0.257 e. The van der Waals surface area contributed by atoms with E-state index in [1.807, 2.05) is 0 Å². The van der Waals surface area contributed by atoms with E-state index in [9.17, 15) is 14.0 Å². The summed E-state index contributed by atoms with van der Waals surface area (Å²) in [6.07, 6.45) is 0. The number of benzene rings is 2. The molecular weight excluding hydrogens is 339 g/mol. The highest BCUT2D eigenvalue weighted by Crippen LogP contribution is 2.36. The first-order valence-corrected chi connectivity index (χ1v) is 8.33. The second kappa shape index (κ2) is 6.33. The van der Waals surface area contributed by atoms with Crippen molar-refractivity contribution in [1.82, 2.24) is 4.90 Å². The zero-order chi connectivity index (χ0) is 18.3. The van der Waals surface area contributed by atoms with E-state index in [4.69, 9.17) is 9.47 Å². The third-order valence-corrected chi connectivity index (χ3v) is 4.69. The van der Waals surface area contributed by atoms with E-state index >= 15 is 0 Å². The van der Waals surface area contributed by atoms with Gasteiger partial charge in [-0.15, -0.1) is 0 Å². The normalized spacial score (nSPS) is 19.0. The lowest BCUT2D eigenvalue weighted by atomic mass is 10.1. The minimum absolute atomic E-state index is 0.0244. The first kappa shape index (κ1) is 16.4. The van der Waals surface area contributed by atoms with Crippen LogP contribution in [-0.4, -0.2) is 42.6 Å². The Bertz CT molecular complexity index is 886. The number of piperazine rings is 1. The molecule has 4 rings (SSSR count). The van der Waals surface area contributed by atoms with Gasteiger partial charge in [0.2, 0.25) is 12.7 Å². The summed E-state index contributed by atoms with van der Waals surface area (Å²) in [5.41, 5.74) is 0.660. The summed E-state index contributed by atoms with van der Waals surface area (Å²) < 4.78 is 24.6. The van der Waals surface area contributed by atoms with Gasteiger partial charge in [0, 0.05) is 24.8 Å². The molecule has 1 saturated heterocycles. The van der Waals surface area contributed by atoms with E-state index in [0.717, 1.165) is 0 Å². The van der Waals surface area contributed by atoms with Crippen LogP contribution in [0.5, 0.6) is 11.5 Å². The van der Waals surface area contributed by atoms with Crippen molar-refractivity contribution < 1.29 is 23.5 Å². The number of ether oxygens (including phenoxy) is 2. The number of amides is 2. The van der Waals surface area contributed by atoms with Gasteiger partial charge in [-0.05, 0) is 31.2 Å². The highest BCUT2D eigenvalue weighted by Gasteiger charge is 2.36. The van der Waals surface area contributed by atoms with E-state index in [0.29, 0.717) is 30.3 Å². The maximum Gasteiger partial charge on any atom is 0.257 e. The molecule has 1 fully saturated rings. The van der Waals surface area contributed by atoms with Gasteiger partial charge in [-0.1, -0.05) is 12.1 Å². The fraction of sp³-hybridized carbons (Fsp3) is 0.263.